The van der Waals surface area contributed by atoms with E-state index in [-0.39, 0.29) is 0 Å². The first kappa shape index (κ1) is 14.0. The molecule has 4 nitrogen and oxygen atoms in total. The third-order valence-electron chi connectivity index (χ3n) is 3.82. The summed E-state index contributed by atoms with van der Waals surface area (Å²) >= 11 is 0. The van der Waals surface area contributed by atoms with Crippen molar-refractivity contribution in [2.75, 3.05) is 32.2 Å². The fourth-order valence-corrected chi connectivity index (χ4v) is 2.83. The molecule has 106 valence electrons. The number of ether oxygens (including phenoxy) is 2. The van der Waals surface area contributed by atoms with E-state index in [0.717, 1.165) is 36.7 Å². The van der Waals surface area contributed by atoms with Crippen molar-refractivity contribution in [3.8, 4) is 11.5 Å². The van der Waals surface area contributed by atoms with Crippen molar-refractivity contribution in [3.63, 3.8) is 0 Å². The molecule has 1 fully saturated rings. The van der Waals surface area contributed by atoms with Crippen molar-refractivity contribution >= 4 is 5.69 Å². The molecule has 0 bridgehead atoms. The number of anilines is 1. The van der Waals surface area contributed by atoms with Gasteiger partial charge in [0.2, 0.25) is 0 Å². The summed E-state index contributed by atoms with van der Waals surface area (Å²) in [6, 6.07) is 6.49. The fraction of sp³-hybridized carbons (Fsp3) is 0.600. The molecule has 1 aliphatic rings. The first-order valence-corrected chi connectivity index (χ1v) is 6.99. The number of piperidine rings is 1. The van der Waals surface area contributed by atoms with Crippen molar-refractivity contribution in [3.05, 3.63) is 18.2 Å². The molecule has 0 aromatic heterocycles. The monoisotopic (exact) mass is 264 g/mol. The Balaban J connectivity index is 2.30. The van der Waals surface area contributed by atoms with Gasteiger partial charge in [0.15, 0.2) is 0 Å². The number of hydrogen-bond donors (Lipinski definition) is 1. The van der Waals surface area contributed by atoms with E-state index in [1.165, 1.54) is 19.3 Å². The predicted octanol–water partition coefficient (Wildman–Crippen LogP) is 2.41. The molecule has 1 atom stereocenters. The Bertz CT molecular complexity index is 407. The Morgan fingerprint density at radius 2 is 2.11 bits per heavy atom. The van der Waals surface area contributed by atoms with Crippen molar-refractivity contribution in [2.24, 2.45) is 5.73 Å². The largest absolute Gasteiger partial charge is 0.497 e. The van der Waals surface area contributed by atoms with Gasteiger partial charge in [-0.25, -0.2) is 0 Å². The number of nitrogens with zero attached hydrogens (tertiary/aromatic N) is 1. The topological polar surface area (TPSA) is 47.7 Å². The standard InChI is InChI=1S/C15H24N2O2/c1-18-13-6-7-15(19-2)14(11-13)17-10-4-3-5-12(17)8-9-16/h6-7,11-12H,3-5,8-10,16H2,1-2H3. The fourth-order valence-electron chi connectivity index (χ4n) is 2.83. The summed E-state index contributed by atoms with van der Waals surface area (Å²) in [6.45, 7) is 1.79. The molecule has 2 rings (SSSR count). The van der Waals surface area contributed by atoms with Gasteiger partial charge in [-0.05, 0) is 44.4 Å². The highest BCUT2D eigenvalue weighted by molar-refractivity contribution is 5.62. The van der Waals surface area contributed by atoms with Gasteiger partial charge in [-0.3, -0.25) is 0 Å². The van der Waals surface area contributed by atoms with E-state index in [1.54, 1.807) is 14.2 Å². The zero-order valence-corrected chi connectivity index (χ0v) is 11.9. The molecule has 0 amide bonds. The number of rotatable bonds is 5. The van der Waals surface area contributed by atoms with Gasteiger partial charge in [0.05, 0.1) is 19.9 Å². The van der Waals surface area contributed by atoms with Crippen LogP contribution in [0, 0.1) is 0 Å². The quantitative estimate of drug-likeness (QED) is 0.887. The molecule has 4 heteroatoms. The Kier molecular flexibility index (Phi) is 4.91. The first-order valence-electron chi connectivity index (χ1n) is 6.99. The summed E-state index contributed by atoms with van der Waals surface area (Å²) in [5.74, 6) is 1.78. The molecular formula is C15H24N2O2. The highest BCUT2D eigenvalue weighted by Gasteiger charge is 2.24. The molecule has 1 heterocycles. The molecule has 1 unspecified atom stereocenters. The molecule has 2 N–H and O–H groups in total. The van der Waals surface area contributed by atoms with Gasteiger partial charge in [-0.2, -0.15) is 0 Å². The van der Waals surface area contributed by atoms with Crippen LogP contribution in [0.3, 0.4) is 0 Å². The Hall–Kier alpha value is -1.42. The minimum atomic E-state index is 0.514. The van der Waals surface area contributed by atoms with Crippen LogP contribution in [0.4, 0.5) is 5.69 Å². The van der Waals surface area contributed by atoms with Crippen molar-refractivity contribution < 1.29 is 9.47 Å². The summed E-state index contributed by atoms with van der Waals surface area (Å²) in [5.41, 5.74) is 6.87. The maximum absolute atomic E-state index is 5.74. The van der Waals surface area contributed by atoms with Gasteiger partial charge in [0.25, 0.3) is 0 Å². The zero-order chi connectivity index (χ0) is 13.7. The van der Waals surface area contributed by atoms with E-state index in [4.69, 9.17) is 15.2 Å². The van der Waals surface area contributed by atoms with Gasteiger partial charge in [-0.15, -0.1) is 0 Å². The number of nitrogens with two attached hydrogens (primary N) is 1. The summed E-state index contributed by atoms with van der Waals surface area (Å²) in [4.78, 5) is 2.43. The molecule has 0 aliphatic carbocycles. The highest BCUT2D eigenvalue weighted by atomic mass is 16.5. The highest BCUT2D eigenvalue weighted by Crippen LogP contribution is 2.36. The lowest BCUT2D eigenvalue weighted by atomic mass is 9.98. The second-order valence-corrected chi connectivity index (χ2v) is 4.96. The third kappa shape index (κ3) is 3.13. The molecule has 19 heavy (non-hydrogen) atoms. The van der Waals surface area contributed by atoms with E-state index in [1.807, 2.05) is 12.1 Å². The minimum Gasteiger partial charge on any atom is -0.497 e. The lowest BCUT2D eigenvalue weighted by Gasteiger charge is -2.38. The maximum atomic E-state index is 5.74. The molecule has 1 aromatic rings. The Labute approximate surface area is 115 Å². The summed E-state index contributed by atoms with van der Waals surface area (Å²) < 4.78 is 10.8. The van der Waals surface area contributed by atoms with Crippen LogP contribution >= 0.6 is 0 Å². The average molecular weight is 264 g/mol. The van der Waals surface area contributed by atoms with E-state index >= 15 is 0 Å². The molecule has 0 saturated carbocycles. The molecule has 1 aromatic carbocycles. The molecular weight excluding hydrogens is 240 g/mol. The van der Waals surface area contributed by atoms with Crippen LogP contribution < -0.4 is 20.1 Å². The average Bonchev–Trinajstić information content (AvgIpc) is 2.47. The maximum Gasteiger partial charge on any atom is 0.142 e. The number of methoxy groups -OCH3 is 2. The van der Waals surface area contributed by atoms with E-state index in [0.29, 0.717) is 6.04 Å². The van der Waals surface area contributed by atoms with E-state index in [9.17, 15) is 0 Å². The van der Waals surface area contributed by atoms with Crippen LogP contribution in [-0.2, 0) is 0 Å². The van der Waals surface area contributed by atoms with Crippen LogP contribution in [0.15, 0.2) is 18.2 Å². The predicted molar refractivity (Wildman–Crippen MR) is 78.2 cm³/mol. The van der Waals surface area contributed by atoms with Crippen LogP contribution in [-0.4, -0.2) is 33.4 Å². The van der Waals surface area contributed by atoms with E-state index < -0.39 is 0 Å². The normalized spacial score (nSPS) is 19.3. The van der Waals surface area contributed by atoms with Crippen molar-refractivity contribution in [1.82, 2.24) is 0 Å². The van der Waals surface area contributed by atoms with Gasteiger partial charge < -0.3 is 20.1 Å². The third-order valence-corrected chi connectivity index (χ3v) is 3.82. The second kappa shape index (κ2) is 6.66. The number of hydrogen-bond acceptors (Lipinski definition) is 4. The summed E-state index contributed by atoms with van der Waals surface area (Å²) in [5, 5.41) is 0. The van der Waals surface area contributed by atoms with Gasteiger partial charge in [0, 0.05) is 18.7 Å². The van der Waals surface area contributed by atoms with Gasteiger partial charge in [-0.1, -0.05) is 0 Å². The molecule has 0 radical (unpaired) electrons. The Morgan fingerprint density at radius 1 is 1.26 bits per heavy atom. The van der Waals surface area contributed by atoms with Crippen LogP contribution in [0.2, 0.25) is 0 Å². The van der Waals surface area contributed by atoms with Crippen molar-refractivity contribution in [1.29, 1.82) is 0 Å². The lowest BCUT2D eigenvalue weighted by Crippen LogP contribution is -2.41. The summed E-state index contributed by atoms with van der Waals surface area (Å²) in [6.07, 6.45) is 4.74. The van der Waals surface area contributed by atoms with Crippen LogP contribution in [0.1, 0.15) is 25.7 Å². The SMILES string of the molecule is COc1ccc(OC)c(N2CCCCC2CCN)c1. The minimum absolute atomic E-state index is 0.514. The zero-order valence-electron chi connectivity index (χ0n) is 11.9. The van der Waals surface area contributed by atoms with E-state index in [2.05, 4.69) is 11.0 Å². The van der Waals surface area contributed by atoms with Gasteiger partial charge >= 0.3 is 0 Å². The molecule has 1 saturated heterocycles. The first-order chi connectivity index (χ1) is 9.30. The van der Waals surface area contributed by atoms with Crippen LogP contribution in [0.25, 0.3) is 0 Å². The molecule has 1 aliphatic heterocycles. The Morgan fingerprint density at radius 3 is 2.79 bits per heavy atom. The lowest BCUT2D eigenvalue weighted by molar-refractivity contribution is 0.392. The number of benzene rings is 1. The smallest absolute Gasteiger partial charge is 0.142 e. The second-order valence-electron chi connectivity index (χ2n) is 4.96. The van der Waals surface area contributed by atoms with Crippen LogP contribution in [0.5, 0.6) is 11.5 Å². The summed E-state index contributed by atoms with van der Waals surface area (Å²) in [7, 11) is 3.41. The molecule has 0 spiro atoms. The van der Waals surface area contributed by atoms with Crippen molar-refractivity contribution in [2.45, 2.75) is 31.7 Å². The van der Waals surface area contributed by atoms with Gasteiger partial charge in [0.1, 0.15) is 11.5 Å².